The van der Waals surface area contributed by atoms with E-state index >= 15 is 0 Å². The number of unbranched alkanes of at least 4 members (excludes halogenated alkanes) is 2. The third-order valence-electron chi connectivity index (χ3n) is 2.92. The zero-order valence-corrected chi connectivity index (χ0v) is 12.5. The first-order chi connectivity index (χ1) is 9.22. The van der Waals surface area contributed by atoms with E-state index < -0.39 is 0 Å². The van der Waals surface area contributed by atoms with Crippen molar-refractivity contribution >= 4 is 0 Å². The maximum atomic E-state index is 5.69. The van der Waals surface area contributed by atoms with Gasteiger partial charge in [-0.1, -0.05) is 43.5 Å². The normalized spacial score (nSPS) is 10.3. The van der Waals surface area contributed by atoms with Crippen LogP contribution in [0.3, 0.4) is 0 Å². The number of ether oxygens (including phenoxy) is 1. The zero-order chi connectivity index (χ0) is 13.9. The SMILES string of the molecule is CCCCCOc1ccc(CNCC=C(C)C)cc1. The van der Waals surface area contributed by atoms with Crippen molar-refractivity contribution in [2.75, 3.05) is 13.2 Å². The van der Waals surface area contributed by atoms with Gasteiger partial charge in [-0.3, -0.25) is 0 Å². The molecule has 2 heteroatoms. The Morgan fingerprint density at radius 3 is 2.53 bits per heavy atom. The lowest BCUT2D eigenvalue weighted by Crippen LogP contribution is -2.13. The van der Waals surface area contributed by atoms with Gasteiger partial charge in [0.1, 0.15) is 5.75 Å². The summed E-state index contributed by atoms with van der Waals surface area (Å²) < 4.78 is 5.69. The van der Waals surface area contributed by atoms with Crippen molar-refractivity contribution in [3.63, 3.8) is 0 Å². The van der Waals surface area contributed by atoms with Gasteiger partial charge in [0.25, 0.3) is 0 Å². The van der Waals surface area contributed by atoms with Crippen LogP contribution in [0.4, 0.5) is 0 Å². The second kappa shape index (κ2) is 9.62. The highest BCUT2D eigenvalue weighted by atomic mass is 16.5. The Balaban J connectivity index is 2.25. The minimum atomic E-state index is 0.825. The standard InChI is InChI=1S/C17H27NO/c1-4-5-6-13-19-17-9-7-16(8-10-17)14-18-12-11-15(2)3/h7-11,18H,4-6,12-14H2,1-3H3. The second-order valence-corrected chi connectivity index (χ2v) is 5.11. The highest BCUT2D eigenvalue weighted by molar-refractivity contribution is 5.27. The van der Waals surface area contributed by atoms with Gasteiger partial charge >= 0.3 is 0 Å². The zero-order valence-electron chi connectivity index (χ0n) is 12.5. The van der Waals surface area contributed by atoms with Crippen LogP contribution in [0.25, 0.3) is 0 Å². The van der Waals surface area contributed by atoms with Gasteiger partial charge in [0, 0.05) is 13.1 Å². The van der Waals surface area contributed by atoms with E-state index in [9.17, 15) is 0 Å². The number of hydrogen-bond acceptors (Lipinski definition) is 2. The summed E-state index contributed by atoms with van der Waals surface area (Å²) in [6, 6.07) is 8.38. The largest absolute Gasteiger partial charge is 0.494 e. The van der Waals surface area contributed by atoms with Gasteiger partial charge in [-0.15, -0.1) is 0 Å². The molecule has 0 aliphatic carbocycles. The van der Waals surface area contributed by atoms with Crippen molar-refractivity contribution in [3.05, 3.63) is 41.5 Å². The van der Waals surface area contributed by atoms with E-state index in [-0.39, 0.29) is 0 Å². The Hall–Kier alpha value is -1.28. The van der Waals surface area contributed by atoms with Crippen molar-refractivity contribution in [1.29, 1.82) is 0 Å². The minimum absolute atomic E-state index is 0.825. The van der Waals surface area contributed by atoms with E-state index in [1.165, 1.54) is 24.0 Å². The number of benzene rings is 1. The summed E-state index contributed by atoms with van der Waals surface area (Å²) in [5.41, 5.74) is 2.64. The van der Waals surface area contributed by atoms with Crippen LogP contribution in [-0.4, -0.2) is 13.2 Å². The molecular formula is C17H27NO. The maximum Gasteiger partial charge on any atom is 0.119 e. The van der Waals surface area contributed by atoms with Gasteiger partial charge in [-0.25, -0.2) is 0 Å². The van der Waals surface area contributed by atoms with Gasteiger partial charge in [0.15, 0.2) is 0 Å². The topological polar surface area (TPSA) is 21.3 Å². The molecule has 1 aromatic carbocycles. The molecule has 0 saturated carbocycles. The Morgan fingerprint density at radius 2 is 1.89 bits per heavy atom. The van der Waals surface area contributed by atoms with E-state index in [0.29, 0.717) is 0 Å². The summed E-state index contributed by atoms with van der Waals surface area (Å²) in [6.07, 6.45) is 5.82. The summed E-state index contributed by atoms with van der Waals surface area (Å²) in [5.74, 6) is 0.976. The Labute approximate surface area is 117 Å². The maximum absolute atomic E-state index is 5.69. The lowest BCUT2D eigenvalue weighted by Gasteiger charge is -2.07. The highest BCUT2D eigenvalue weighted by Gasteiger charge is 1.95. The number of rotatable bonds is 9. The van der Waals surface area contributed by atoms with Crippen LogP contribution in [0.15, 0.2) is 35.9 Å². The van der Waals surface area contributed by atoms with Gasteiger partial charge in [-0.2, -0.15) is 0 Å². The van der Waals surface area contributed by atoms with Gasteiger partial charge in [-0.05, 0) is 38.0 Å². The lowest BCUT2D eigenvalue weighted by atomic mass is 10.2. The predicted octanol–water partition coefficient (Wildman–Crippen LogP) is 4.31. The molecule has 1 N–H and O–H groups in total. The number of allylic oxidation sites excluding steroid dienone is 1. The first-order valence-corrected chi connectivity index (χ1v) is 7.28. The summed E-state index contributed by atoms with van der Waals surface area (Å²) in [6.45, 7) is 9.10. The first kappa shape index (κ1) is 15.8. The van der Waals surface area contributed by atoms with Crippen LogP contribution in [-0.2, 0) is 6.54 Å². The molecule has 19 heavy (non-hydrogen) atoms. The lowest BCUT2D eigenvalue weighted by molar-refractivity contribution is 0.306. The molecule has 0 atom stereocenters. The van der Waals surface area contributed by atoms with Crippen LogP contribution in [0, 0.1) is 0 Å². The van der Waals surface area contributed by atoms with E-state index in [4.69, 9.17) is 4.74 Å². The fourth-order valence-electron chi connectivity index (χ4n) is 1.74. The quantitative estimate of drug-likeness (QED) is 0.528. The van der Waals surface area contributed by atoms with E-state index in [2.05, 4.69) is 56.4 Å². The van der Waals surface area contributed by atoms with Gasteiger partial charge in [0.05, 0.1) is 6.61 Å². The molecule has 0 heterocycles. The van der Waals surface area contributed by atoms with Gasteiger partial charge < -0.3 is 10.1 Å². The molecule has 1 aromatic rings. The summed E-state index contributed by atoms with van der Waals surface area (Å²) in [4.78, 5) is 0. The molecule has 1 rings (SSSR count). The molecule has 0 radical (unpaired) electrons. The molecule has 106 valence electrons. The minimum Gasteiger partial charge on any atom is -0.494 e. The van der Waals surface area contributed by atoms with Crippen LogP contribution in [0.5, 0.6) is 5.75 Å². The molecule has 2 nitrogen and oxygen atoms in total. The molecule has 0 spiro atoms. The Morgan fingerprint density at radius 1 is 1.16 bits per heavy atom. The third kappa shape index (κ3) is 7.68. The van der Waals surface area contributed by atoms with Crippen LogP contribution in [0.1, 0.15) is 45.6 Å². The number of hydrogen-bond donors (Lipinski definition) is 1. The van der Waals surface area contributed by atoms with Crippen molar-refractivity contribution in [3.8, 4) is 5.75 Å². The smallest absolute Gasteiger partial charge is 0.119 e. The molecule has 0 unspecified atom stereocenters. The molecule has 0 aromatic heterocycles. The number of nitrogens with one attached hydrogen (secondary N) is 1. The van der Waals surface area contributed by atoms with Crippen LogP contribution >= 0.6 is 0 Å². The molecule has 0 amide bonds. The molecular weight excluding hydrogens is 234 g/mol. The third-order valence-corrected chi connectivity index (χ3v) is 2.92. The predicted molar refractivity (Wildman–Crippen MR) is 82.6 cm³/mol. The Bertz CT molecular complexity index is 363. The van der Waals surface area contributed by atoms with Crippen LogP contribution < -0.4 is 10.1 Å². The average molecular weight is 261 g/mol. The Kier molecular flexibility index (Phi) is 7.99. The fourth-order valence-corrected chi connectivity index (χ4v) is 1.74. The van der Waals surface area contributed by atoms with Crippen molar-refractivity contribution in [2.45, 2.75) is 46.6 Å². The van der Waals surface area contributed by atoms with E-state index in [1.54, 1.807) is 0 Å². The average Bonchev–Trinajstić information content (AvgIpc) is 2.41. The fraction of sp³-hybridized carbons (Fsp3) is 0.529. The van der Waals surface area contributed by atoms with Crippen LogP contribution in [0.2, 0.25) is 0 Å². The van der Waals surface area contributed by atoms with Gasteiger partial charge in [0.2, 0.25) is 0 Å². The first-order valence-electron chi connectivity index (χ1n) is 7.28. The summed E-state index contributed by atoms with van der Waals surface area (Å²) in [7, 11) is 0. The van der Waals surface area contributed by atoms with Crippen molar-refractivity contribution < 1.29 is 4.74 Å². The molecule has 0 aliphatic rings. The van der Waals surface area contributed by atoms with E-state index in [0.717, 1.165) is 31.9 Å². The van der Waals surface area contributed by atoms with Crippen molar-refractivity contribution in [1.82, 2.24) is 5.32 Å². The highest BCUT2D eigenvalue weighted by Crippen LogP contribution is 2.12. The molecule has 0 saturated heterocycles. The summed E-state index contributed by atoms with van der Waals surface area (Å²) in [5, 5.41) is 3.40. The molecule has 0 aliphatic heterocycles. The van der Waals surface area contributed by atoms with E-state index in [1.807, 2.05) is 0 Å². The van der Waals surface area contributed by atoms with Crippen molar-refractivity contribution in [2.24, 2.45) is 0 Å². The monoisotopic (exact) mass is 261 g/mol. The second-order valence-electron chi connectivity index (χ2n) is 5.11. The molecule has 0 fully saturated rings. The summed E-state index contributed by atoms with van der Waals surface area (Å²) >= 11 is 0. The molecule has 0 bridgehead atoms.